The van der Waals surface area contributed by atoms with Gasteiger partial charge in [-0.3, -0.25) is 9.89 Å². The molecule has 20 heavy (non-hydrogen) atoms. The number of anilines is 1. The van der Waals surface area contributed by atoms with Crippen LogP contribution in [0.5, 0.6) is 0 Å². The van der Waals surface area contributed by atoms with E-state index in [4.69, 9.17) is 5.73 Å². The van der Waals surface area contributed by atoms with Crippen molar-refractivity contribution in [3.8, 4) is 0 Å². The maximum absolute atomic E-state index is 12.7. The highest BCUT2D eigenvalue weighted by Gasteiger charge is 2.51. The molecule has 110 valence electrons. The molecule has 1 aromatic heterocycles. The zero-order valence-corrected chi connectivity index (χ0v) is 12.8. The van der Waals surface area contributed by atoms with Crippen LogP contribution in [-0.4, -0.2) is 33.6 Å². The first kappa shape index (κ1) is 13.5. The second-order valence-corrected chi connectivity index (χ2v) is 7.76. The standard InChI is InChI=1S/C15H24N4O/c1-9-11(16)12(18-17-9)13(20)19-8-15(4)6-10(19)5-14(2,3)7-15/h10H,5-8,16H2,1-4H3,(H,17,18). The summed E-state index contributed by atoms with van der Waals surface area (Å²) in [4.78, 5) is 14.7. The highest BCUT2D eigenvalue weighted by atomic mass is 16.2. The molecule has 5 nitrogen and oxygen atoms in total. The number of aromatic amines is 1. The number of fused-ring (bicyclic) bond motifs is 2. The van der Waals surface area contributed by atoms with Gasteiger partial charge in [0.2, 0.25) is 0 Å². The first-order valence-corrected chi connectivity index (χ1v) is 7.32. The Kier molecular flexibility index (Phi) is 2.69. The smallest absolute Gasteiger partial charge is 0.276 e. The van der Waals surface area contributed by atoms with Gasteiger partial charge in [0, 0.05) is 12.6 Å². The van der Waals surface area contributed by atoms with Crippen molar-refractivity contribution in [2.24, 2.45) is 10.8 Å². The third-order valence-corrected chi connectivity index (χ3v) is 4.87. The van der Waals surface area contributed by atoms with Gasteiger partial charge in [-0.2, -0.15) is 5.10 Å². The highest BCUT2D eigenvalue weighted by molar-refractivity contribution is 5.98. The molecule has 2 aliphatic rings. The van der Waals surface area contributed by atoms with Gasteiger partial charge >= 0.3 is 0 Å². The zero-order chi connectivity index (χ0) is 14.7. The number of nitrogens with one attached hydrogen (secondary N) is 1. The molecule has 1 amide bonds. The normalized spacial score (nSPS) is 31.6. The summed E-state index contributed by atoms with van der Waals surface area (Å²) >= 11 is 0. The van der Waals surface area contributed by atoms with Crippen molar-refractivity contribution in [3.63, 3.8) is 0 Å². The molecule has 2 bridgehead atoms. The lowest BCUT2D eigenvalue weighted by Crippen LogP contribution is -2.38. The topological polar surface area (TPSA) is 75.0 Å². The minimum Gasteiger partial charge on any atom is -0.395 e. The molecule has 0 radical (unpaired) electrons. The number of amides is 1. The van der Waals surface area contributed by atoms with E-state index in [-0.39, 0.29) is 11.3 Å². The molecule has 1 aromatic rings. The van der Waals surface area contributed by atoms with E-state index in [0.29, 0.717) is 22.8 Å². The lowest BCUT2D eigenvalue weighted by molar-refractivity contribution is 0.0703. The molecule has 1 saturated heterocycles. The van der Waals surface area contributed by atoms with E-state index in [2.05, 4.69) is 31.0 Å². The largest absolute Gasteiger partial charge is 0.395 e. The summed E-state index contributed by atoms with van der Waals surface area (Å²) in [6, 6.07) is 0.327. The predicted molar refractivity (Wildman–Crippen MR) is 78.3 cm³/mol. The molecule has 3 N–H and O–H groups in total. The fraction of sp³-hybridized carbons (Fsp3) is 0.733. The number of carbonyl (C=O) groups excluding carboxylic acids is 1. The van der Waals surface area contributed by atoms with Crippen LogP contribution >= 0.6 is 0 Å². The van der Waals surface area contributed by atoms with Crippen molar-refractivity contribution in [2.75, 3.05) is 12.3 Å². The van der Waals surface area contributed by atoms with Gasteiger partial charge < -0.3 is 10.6 Å². The van der Waals surface area contributed by atoms with Gasteiger partial charge in [-0.1, -0.05) is 20.8 Å². The minimum atomic E-state index is -0.0155. The van der Waals surface area contributed by atoms with E-state index in [9.17, 15) is 4.79 Å². The van der Waals surface area contributed by atoms with Crippen molar-refractivity contribution in [3.05, 3.63) is 11.4 Å². The minimum absolute atomic E-state index is 0.0155. The van der Waals surface area contributed by atoms with Crippen LogP contribution in [0.1, 0.15) is 56.2 Å². The number of aromatic nitrogens is 2. The Morgan fingerprint density at radius 1 is 1.40 bits per heavy atom. The number of H-pyrrole nitrogens is 1. The monoisotopic (exact) mass is 276 g/mol. The number of hydrogen-bond donors (Lipinski definition) is 2. The van der Waals surface area contributed by atoms with Crippen LogP contribution in [0, 0.1) is 17.8 Å². The maximum Gasteiger partial charge on any atom is 0.276 e. The van der Waals surface area contributed by atoms with Crippen LogP contribution in [0.4, 0.5) is 5.69 Å². The molecular formula is C15H24N4O. The van der Waals surface area contributed by atoms with Gasteiger partial charge in [0.25, 0.3) is 5.91 Å². The summed E-state index contributed by atoms with van der Waals surface area (Å²) in [5, 5.41) is 6.90. The van der Waals surface area contributed by atoms with E-state index >= 15 is 0 Å². The molecule has 2 fully saturated rings. The second kappa shape index (κ2) is 3.99. The summed E-state index contributed by atoms with van der Waals surface area (Å²) in [5.74, 6) is -0.0155. The molecular weight excluding hydrogens is 252 g/mol. The number of nitrogens with two attached hydrogens (primary N) is 1. The summed E-state index contributed by atoms with van der Waals surface area (Å²) in [7, 11) is 0. The number of likely N-dealkylation sites (tertiary alicyclic amines) is 1. The Morgan fingerprint density at radius 3 is 2.70 bits per heavy atom. The van der Waals surface area contributed by atoms with Crippen LogP contribution in [-0.2, 0) is 0 Å². The summed E-state index contributed by atoms with van der Waals surface area (Å²) in [6.07, 6.45) is 3.35. The lowest BCUT2D eigenvalue weighted by atomic mass is 9.65. The van der Waals surface area contributed by atoms with E-state index in [1.165, 1.54) is 6.42 Å². The fourth-order valence-electron chi connectivity index (χ4n) is 4.43. The Hall–Kier alpha value is -1.52. The first-order valence-electron chi connectivity index (χ1n) is 7.32. The van der Waals surface area contributed by atoms with Crippen molar-refractivity contribution < 1.29 is 4.79 Å². The van der Waals surface area contributed by atoms with Gasteiger partial charge in [0.05, 0.1) is 11.4 Å². The number of hydrogen-bond acceptors (Lipinski definition) is 3. The van der Waals surface area contributed by atoms with Crippen molar-refractivity contribution in [1.82, 2.24) is 15.1 Å². The lowest BCUT2D eigenvalue weighted by Gasteiger charge is -2.39. The first-order chi connectivity index (χ1) is 9.21. The molecule has 0 aromatic carbocycles. The molecule has 5 heteroatoms. The number of nitrogens with zero attached hydrogens (tertiary/aromatic N) is 2. The Balaban J connectivity index is 1.89. The molecule has 1 aliphatic heterocycles. The molecule has 1 saturated carbocycles. The third-order valence-electron chi connectivity index (χ3n) is 4.87. The average Bonchev–Trinajstić information content (AvgIpc) is 2.76. The second-order valence-electron chi connectivity index (χ2n) is 7.76. The Labute approximate surface area is 119 Å². The zero-order valence-electron chi connectivity index (χ0n) is 12.8. The van der Waals surface area contributed by atoms with E-state index in [0.717, 1.165) is 25.1 Å². The van der Waals surface area contributed by atoms with E-state index in [1.807, 2.05) is 11.8 Å². The fourth-order valence-corrected chi connectivity index (χ4v) is 4.43. The predicted octanol–water partition coefficient (Wildman–Crippen LogP) is 2.34. The van der Waals surface area contributed by atoms with Gasteiger partial charge in [-0.25, -0.2) is 0 Å². The highest BCUT2D eigenvalue weighted by Crippen LogP contribution is 2.52. The summed E-state index contributed by atoms with van der Waals surface area (Å²) in [5.41, 5.74) is 8.14. The van der Waals surface area contributed by atoms with Crippen LogP contribution in [0.15, 0.2) is 0 Å². The molecule has 2 atom stereocenters. The van der Waals surface area contributed by atoms with Crippen molar-refractivity contribution in [1.29, 1.82) is 0 Å². The SMILES string of the molecule is Cc1[nH]nc(C(=O)N2CC3(C)CC2CC(C)(C)C3)c1N. The number of aryl methyl sites for hydroxylation is 1. The number of nitrogen functional groups attached to an aromatic ring is 1. The molecule has 3 rings (SSSR count). The molecule has 1 aliphatic carbocycles. The Morgan fingerprint density at radius 2 is 2.10 bits per heavy atom. The van der Waals surface area contributed by atoms with Crippen LogP contribution in [0.25, 0.3) is 0 Å². The van der Waals surface area contributed by atoms with Gasteiger partial charge in [0.1, 0.15) is 0 Å². The summed E-state index contributed by atoms with van der Waals surface area (Å²) < 4.78 is 0. The average molecular weight is 276 g/mol. The van der Waals surface area contributed by atoms with Crippen LogP contribution in [0.3, 0.4) is 0 Å². The van der Waals surface area contributed by atoms with Crippen LogP contribution < -0.4 is 5.73 Å². The molecule has 0 spiro atoms. The third kappa shape index (κ3) is 2.00. The molecule has 2 heterocycles. The quantitative estimate of drug-likeness (QED) is 0.826. The van der Waals surface area contributed by atoms with Gasteiger partial charge in [-0.15, -0.1) is 0 Å². The molecule has 2 unspecified atom stereocenters. The van der Waals surface area contributed by atoms with Crippen molar-refractivity contribution in [2.45, 2.75) is 53.0 Å². The van der Waals surface area contributed by atoms with E-state index < -0.39 is 0 Å². The van der Waals surface area contributed by atoms with Gasteiger partial charge in [-0.05, 0) is 37.0 Å². The number of rotatable bonds is 1. The van der Waals surface area contributed by atoms with E-state index in [1.54, 1.807) is 0 Å². The van der Waals surface area contributed by atoms with Crippen molar-refractivity contribution >= 4 is 11.6 Å². The summed E-state index contributed by atoms with van der Waals surface area (Å²) in [6.45, 7) is 9.57. The van der Waals surface area contributed by atoms with Crippen LogP contribution in [0.2, 0.25) is 0 Å². The Bertz CT molecular complexity index is 562. The maximum atomic E-state index is 12.7. The van der Waals surface area contributed by atoms with Gasteiger partial charge in [0.15, 0.2) is 5.69 Å². The number of carbonyl (C=O) groups is 1.